The summed E-state index contributed by atoms with van der Waals surface area (Å²) in [6.45, 7) is 4.12. The molecule has 1 atom stereocenters. The molecule has 0 saturated carbocycles. The quantitative estimate of drug-likeness (QED) is 0.792. The minimum atomic E-state index is -0.448. The summed E-state index contributed by atoms with van der Waals surface area (Å²) >= 11 is 0. The Labute approximate surface area is 129 Å². The lowest BCUT2D eigenvalue weighted by Crippen LogP contribution is -2.41. The van der Waals surface area contributed by atoms with Crippen LogP contribution >= 0.6 is 0 Å². The largest absolute Gasteiger partial charge is 0.497 e. The van der Waals surface area contributed by atoms with Crippen LogP contribution in [0.25, 0.3) is 11.3 Å². The number of methoxy groups -OCH3 is 1. The Morgan fingerprint density at radius 3 is 2.86 bits per heavy atom. The van der Waals surface area contributed by atoms with E-state index in [1.807, 2.05) is 43.4 Å². The van der Waals surface area contributed by atoms with E-state index in [2.05, 4.69) is 0 Å². The van der Waals surface area contributed by atoms with E-state index < -0.39 is 5.97 Å². The third-order valence-electron chi connectivity index (χ3n) is 3.81. The van der Waals surface area contributed by atoms with Gasteiger partial charge in [-0.25, -0.2) is 4.79 Å². The number of allylic oxidation sites excluding steroid dienone is 2. The molecule has 1 aliphatic carbocycles. The predicted molar refractivity (Wildman–Crippen MR) is 83.5 cm³/mol. The van der Waals surface area contributed by atoms with Crippen molar-refractivity contribution in [2.45, 2.75) is 20.0 Å². The number of fused-ring (bicyclic) bond motifs is 2. The highest BCUT2D eigenvalue weighted by molar-refractivity contribution is 6.07. The molecule has 1 aromatic rings. The molecular formula is C18H18O4. The van der Waals surface area contributed by atoms with Gasteiger partial charge in [0.25, 0.3) is 0 Å². The van der Waals surface area contributed by atoms with Crippen molar-refractivity contribution in [1.82, 2.24) is 0 Å². The minimum Gasteiger partial charge on any atom is -0.497 e. The summed E-state index contributed by atoms with van der Waals surface area (Å²) in [5.74, 6) is 0.469. The van der Waals surface area contributed by atoms with Crippen molar-refractivity contribution in [2.24, 2.45) is 0 Å². The Balaban J connectivity index is 2.34. The highest BCUT2D eigenvalue weighted by Crippen LogP contribution is 2.26. The van der Waals surface area contributed by atoms with Crippen molar-refractivity contribution >= 4 is 17.3 Å². The van der Waals surface area contributed by atoms with Crippen molar-refractivity contribution in [3.63, 3.8) is 0 Å². The summed E-state index contributed by atoms with van der Waals surface area (Å²) in [5, 5.41) is 1.70. The van der Waals surface area contributed by atoms with Gasteiger partial charge in [0.1, 0.15) is 11.9 Å². The number of benzene rings is 1. The smallest absolute Gasteiger partial charge is 0.374 e. The molecule has 4 heteroatoms. The Hall–Kier alpha value is -2.49. The fourth-order valence-corrected chi connectivity index (χ4v) is 2.79. The van der Waals surface area contributed by atoms with Gasteiger partial charge >= 0.3 is 5.97 Å². The van der Waals surface area contributed by atoms with Gasteiger partial charge in [-0.2, -0.15) is 0 Å². The zero-order chi connectivity index (χ0) is 15.7. The van der Waals surface area contributed by atoms with Crippen LogP contribution in [-0.2, 0) is 14.3 Å². The molecule has 0 aromatic heterocycles. The topological polar surface area (TPSA) is 44.8 Å². The molecule has 3 rings (SSSR count). The summed E-state index contributed by atoms with van der Waals surface area (Å²) in [5.41, 5.74) is 2.20. The van der Waals surface area contributed by atoms with E-state index in [-0.39, 0.29) is 11.9 Å². The Morgan fingerprint density at radius 1 is 1.32 bits per heavy atom. The van der Waals surface area contributed by atoms with Crippen molar-refractivity contribution in [1.29, 1.82) is 0 Å². The molecule has 0 fully saturated rings. The number of hydrogen-bond donors (Lipinski definition) is 0. The molecule has 1 heterocycles. The van der Waals surface area contributed by atoms with Crippen molar-refractivity contribution in [3.05, 3.63) is 52.4 Å². The lowest BCUT2D eigenvalue weighted by Gasteiger charge is -2.27. The first kappa shape index (κ1) is 14.4. The maximum atomic E-state index is 12.2. The van der Waals surface area contributed by atoms with Crippen LogP contribution in [0.15, 0.2) is 42.0 Å². The van der Waals surface area contributed by atoms with Gasteiger partial charge < -0.3 is 14.2 Å². The molecule has 1 unspecified atom stereocenters. The first-order valence-corrected chi connectivity index (χ1v) is 7.27. The SMILES string of the molecule is CCOC(=O)C1=c2cc(OC)ccc2=C2C(C)=CC=CC2O1. The van der Waals surface area contributed by atoms with Gasteiger partial charge in [0, 0.05) is 10.8 Å². The van der Waals surface area contributed by atoms with E-state index >= 15 is 0 Å². The number of carbonyl (C=O) groups excluding carboxylic acids is 1. The maximum Gasteiger partial charge on any atom is 0.374 e. The third kappa shape index (κ3) is 2.30. The van der Waals surface area contributed by atoms with Gasteiger partial charge in [0.15, 0.2) is 0 Å². The molecule has 0 radical (unpaired) electrons. The van der Waals surface area contributed by atoms with Gasteiger partial charge in [0.2, 0.25) is 5.76 Å². The zero-order valence-corrected chi connectivity index (χ0v) is 12.9. The van der Waals surface area contributed by atoms with Crippen LogP contribution in [0.5, 0.6) is 5.75 Å². The molecule has 2 aliphatic rings. The Kier molecular flexibility index (Phi) is 3.75. The number of rotatable bonds is 3. The second-order valence-corrected chi connectivity index (χ2v) is 5.15. The average molecular weight is 298 g/mol. The molecule has 0 bridgehead atoms. The van der Waals surface area contributed by atoms with Gasteiger partial charge in [-0.15, -0.1) is 0 Å². The summed E-state index contributed by atoms with van der Waals surface area (Å²) in [7, 11) is 1.60. The molecule has 22 heavy (non-hydrogen) atoms. The van der Waals surface area contributed by atoms with E-state index in [0.717, 1.165) is 16.4 Å². The number of esters is 1. The first-order valence-electron chi connectivity index (χ1n) is 7.27. The minimum absolute atomic E-state index is 0.240. The molecular weight excluding hydrogens is 280 g/mol. The average Bonchev–Trinajstić information content (AvgIpc) is 2.53. The van der Waals surface area contributed by atoms with Gasteiger partial charge in [-0.3, -0.25) is 0 Å². The van der Waals surface area contributed by atoms with Crippen LogP contribution in [0, 0.1) is 0 Å². The van der Waals surface area contributed by atoms with Crippen molar-refractivity contribution < 1.29 is 19.0 Å². The van der Waals surface area contributed by atoms with Crippen LogP contribution in [0.1, 0.15) is 13.8 Å². The normalized spacial score (nSPS) is 18.9. The van der Waals surface area contributed by atoms with Crippen molar-refractivity contribution in [2.75, 3.05) is 13.7 Å². The fraction of sp³-hybridized carbons (Fsp3) is 0.278. The van der Waals surface area contributed by atoms with Crippen LogP contribution in [0.4, 0.5) is 0 Å². The highest BCUT2D eigenvalue weighted by atomic mass is 16.6. The van der Waals surface area contributed by atoms with Crippen LogP contribution in [0.2, 0.25) is 0 Å². The van der Waals surface area contributed by atoms with Gasteiger partial charge in [-0.05, 0) is 42.8 Å². The van der Waals surface area contributed by atoms with E-state index in [1.54, 1.807) is 14.0 Å². The van der Waals surface area contributed by atoms with Crippen molar-refractivity contribution in [3.8, 4) is 5.75 Å². The maximum absolute atomic E-state index is 12.2. The fourth-order valence-electron chi connectivity index (χ4n) is 2.79. The number of carbonyl (C=O) groups is 1. The van der Waals surface area contributed by atoms with Crippen LogP contribution in [-0.4, -0.2) is 25.8 Å². The summed E-state index contributed by atoms with van der Waals surface area (Å²) < 4.78 is 16.3. The first-order chi connectivity index (χ1) is 10.7. The Bertz CT molecular complexity index is 799. The monoisotopic (exact) mass is 298 g/mol. The molecule has 114 valence electrons. The second kappa shape index (κ2) is 5.72. The molecule has 0 saturated heterocycles. The zero-order valence-electron chi connectivity index (χ0n) is 12.9. The Morgan fingerprint density at radius 2 is 2.14 bits per heavy atom. The van der Waals surface area contributed by atoms with Gasteiger partial charge in [-0.1, -0.05) is 18.2 Å². The van der Waals surface area contributed by atoms with Crippen LogP contribution in [0.3, 0.4) is 0 Å². The molecule has 4 nitrogen and oxygen atoms in total. The van der Waals surface area contributed by atoms with E-state index in [0.29, 0.717) is 17.6 Å². The van der Waals surface area contributed by atoms with E-state index in [9.17, 15) is 4.79 Å². The molecule has 0 spiro atoms. The lowest BCUT2D eigenvalue weighted by molar-refractivity contribution is -0.138. The third-order valence-corrected chi connectivity index (χ3v) is 3.81. The second-order valence-electron chi connectivity index (χ2n) is 5.15. The summed E-state index contributed by atoms with van der Waals surface area (Å²) in [6, 6.07) is 5.67. The molecule has 0 N–H and O–H groups in total. The summed E-state index contributed by atoms with van der Waals surface area (Å²) in [4.78, 5) is 12.2. The van der Waals surface area contributed by atoms with Crippen LogP contribution < -0.4 is 15.2 Å². The summed E-state index contributed by atoms with van der Waals surface area (Å²) in [6.07, 6.45) is 5.67. The predicted octanol–water partition coefficient (Wildman–Crippen LogP) is 1.43. The van der Waals surface area contributed by atoms with E-state index in [1.165, 1.54) is 0 Å². The van der Waals surface area contributed by atoms with E-state index in [4.69, 9.17) is 14.2 Å². The molecule has 0 amide bonds. The number of hydrogen-bond acceptors (Lipinski definition) is 4. The standard InChI is InChI=1S/C18H18O4/c1-4-21-18(19)17-14-10-12(20-3)8-9-13(14)16-11(2)6-5-7-15(16)22-17/h5-10,15H,4H2,1-3H3. The number of ether oxygens (including phenoxy) is 3. The lowest BCUT2D eigenvalue weighted by atomic mass is 9.92. The molecule has 1 aliphatic heterocycles. The molecule has 1 aromatic carbocycles. The van der Waals surface area contributed by atoms with Gasteiger partial charge in [0.05, 0.1) is 13.7 Å². The highest BCUT2D eigenvalue weighted by Gasteiger charge is 2.28.